The van der Waals surface area contributed by atoms with E-state index in [1.807, 2.05) is 49.4 Å². The van der Waals surface area contributed by atoms with Crippen molar-refractivity contribution in [2.24, 2.45) is 0 Å². The summed E-state index contributed by atoms with van der Waals surface area (Å²) in [5.74, 6) is 0.0119. The van der Waals surface area contributed by atoms with Crippen molar-refractivity contribution < 1.29 is 9.90 Å². The molecule has 120 valence electrons. The maximum Gasteiger partial charge on any atom is 0.270 e. The molecule has 0 unspecified atom stereocenters. The third-order valence-electron chi connectivity index (χ3n) is 3.45. The van der Waals surface area contributed by atoms with Gasteiger partial charge in [0.1, 0.15) is 5.75 Å². The van der Waals surface area contributed by atoms with Crippen LogP contribution in [-0.4, -0.2) is 15.3 Å². The van der Waals surface area contributed by atoms with Gasteiger partial charge >= 0.3 is 0 Å². The Morgan fingerprint density at radius 3 is 2.46 bits per heavy atom. The van der Waals surface area contributed by atoms with E-state index in [1.165, 1.54) is 28.8 Å². The zero-order valence-electron chi connectivity index (χ0n) is 13.0. The average Bonchev–Trinajstić information content (AvgIpc) is 2.83. The first-order valence-corrected chi connectivity index (χ1v) is 8.57. The Bertz CT molecular complexity index is 839. The highest BCUT2D eigenvalue weighted by Crippen LogP contribution is 2.36. The first-order valence-electron chi connectivity index (χ1n) is 7.35. The van der Waals surface area contributed by atoms with E-state index in [9.17, 15) is 9.90 Å². The first-order chi connectivity index (χ1) is 11.5. The SMILES string of the molecule is CC(=Cc1ccccc1)/C=C1\SC(=S)N(c2ccc(O)cc2)C1=O. The second-order valence-corrected chi connectivity index (χ2v) is 7.01. The van der Waals surface area contributed by atoms with Gasteiger partial charge in [0.05, 0.1) is 10.6 Å². The highest BCUT2D eigenvalue weighted by molar-refractivity contribution is 8.27. The number of anilines is 1. The molecule has 5 heteroatoms. The minimum Gasteiger partial charge on any atom is -0.508 e. The predicted molar refractivity (Wildman–Crippen MR) is 104 cm³/mol. The van der Waals surface area contributed by atoms with Crippen molar-refractivity contribution in [2.45, 2.75) is 6.92 Å². The Morgan fingerprint density at radius 1 is 1.12 bits per heavy atom. The van der Waals surface area contributed by atoms with Gasteiger partial charge in [0.2, 0.25) is 0 Å². The molecule has 2 aromatic rings. The second kappa shape index (κ2) is 7.03. The van der Waals surface area contributed by atoms with Gasteiger partial charge in [-0.1, -0.05) is 60.4 Å². The number of allylic oxidation sites excluding steroid dienone is 2. The summed E-state index contributed by atoms with van der Waals surface area (Å²) in [7, 11) is 0. The van der Waals surface area contributed by atoms with Crippen LogP contribution in [0.3, 0.4) is 0 Å². The fraction of sp³-hybridized carbons (Fsp3) is 0.0526. The van der Waals surface area contributed by atoms with Crippen LogP contribution in [0.5, 0.6) is 5.75 Å². The summed E-state index contributed by atoms with van der Waals surface area (Å²) in [6.07, 6.45) is 3.87. The Balaban J connectivity index is 1.85. The van der Waals surface area contributed by atoms with Crippen LogP contribution in [0.4, 0.5) is 5.69 Å². The van der Waals surface area contributed by atoms with Crippen LogP contribution in [0.1, 0.15) is 12.5 Å². The number of benzene rings is 2. The molecule has 1 N–H and O–H groups in total. The number of carbonyl (C=O) groups is 1. The largest absolute Gasteiger partial charge is 0.508 e. The van der Waals surface area contributed by atoms with Crippen molar-refractivity contribution in [3.05, 3.63) is 76.7 Å². The molecule has 1 heterocycles. The molecule has 3 rings (SSSR count). The van der Waals surface area contributed by atoms with Gasteiger partial charge in [-0.25, -0.2) is 0 Å². The smallest absolute Gasteiger partial charge is 0.270 e. The quantitative estimate of drug-likeness (QED) is 0.639. The molecule has 0 aliphatic carbocycles. The van der Waals surface area contributed by atoms with Crippen molar-refractivity contribution in [3.63, 3.8) is 0 Å². The topological polar surface area (TPSA) is 40.5 Å². The summed E-state index contributed by atoms with van der Waals surface area (Å²) in [5.41, 5.74) is 2.72. The number of phenolic OH excluding ortho intramolecular Hbond substituents is 1. The van der Waals surface area contributed by atoms with Crippen LogP contribution >= 0.6 is 24.0 Å². The Hall–Kier alpha value is -2.37. The molecular formula is C19H15NO2S2. The third-order valence-corrected chi connectivity index (χ3v) is 4.76. The number of nitrogens with zero attached hydrogens (tertiary/aromatic N) is 1. The van der Waals surface area contributed by atoms with Crippen LogP contribution in [0.2, 0.25) is 0 Å². The summed E-state index contributed by atoms with van der Waals surface area (Å²) in [6, 6.07) is 16.4. The Kier molecular flexibility index (Phi) is 4.83. The Morgan fingerprint density at radius 2 is 1.79 bits per heavy atom. The van der Waals surface area contributed by atoms with Gasteiger partial charge in [-0.05, 0) is 48.4 Å². The number of thioether (sulfide) groups is 1. The molecule has 0 aromatic heterocycles. The van der Waals surface area contributed by atoms with Gasteiger partial charge in [-0.3, -0.25) is 9.69 Å². The molecule has 1 aliphatic heterocycles. The van der Waals surface area contributed by atoms with E-state index in [4.69, 9.17) is 12.2 Å². The van der Waals surface area contributed by atoms with Crippen molar-refractivity contribution >= 4 is 46.0 Å². The highest BCUT2D eigenvalue weighted by Gasteiger charge is 2.33. The van der Waals surface area contributed by atoms with Crippen molar-refractivity contribution in [1.82, 2.24) is 0 Å². The number of aromatic hydroxyl groups is 1. The van der Waals surface area contributed by atoms with E-state index < -0.39 is 0 Å². The summed E-state index contributed by atoms with van der Waals surface area (Å²) >= 11 is 6.62. The van der Waals surface area contributed by atoms with Crippen molar-refractivity contribution in [1.29, 1.82) is 0 Å². The lowest BCUT2D eigenvalue weighted by molar-refractivity contribution is -0.113. The number of thiocarbonyl (C=S) groups is 1. The van der Waals surface area contributed by atoms with E-state index >= 15 is 0 Å². The molecule has 0 atom stereocenters. The highest BCUT2D eigenvalue weighted by atomic mass is 32.2. The lowest BCUT2D eigenvalue weighted by atomic mass is 10.1. The van der Waals surface area contributed by atoms with E-state index in [2.05, 4.69) is 0 Å². The number of amides is 1. The van der Waals surface area contributed by atoms with Gasteiger partial charge in [0.15, 0.2) is 4.32 Å². The predicted octanol–water partition coefficient (Wildman–Crippen LogP) is 4.74. The average molecular weight is 353 g/mol. The molecule has 0 bridgehead atoms. The lowest BCUT2D eigenvalue weighted by Crippen LogP contribution is -2.27. The zero-order valence-corrected chi connectivity index (χ0v) is 14.6. The van der Waals surface area contributed by atoms with Crippen LogP contribution in [0.25, 0.3) is 6.08 Å². The van der Waals surface area contributed by atoms with Gasteiger partial charge in [0.25, 0.3) is 5.91 Å². The van der Waals surface area contributed by atoms with Crippen LogP contribution < -0.4 is 4.90 Å². The number of rotatable bonds is 3. The van der Waals surface area contributed by atoms with Crippen LogP contribution in [0, 0.1) is 0 Å². The molecule has 1 amide bonds. The summed E-state index contributed by atoms with van der Waals surface area (Å²) < 4.78 is 0.490. The first kappa shape index (κ1) is 16.5. The number of hydrogen-bond donors (Lipinski definition) is 1. The van der Waals surface area contributed by atoms with E-state index in [0.717, 1.165) is 11.1 Å². The van der Waals surface area contributed by atoms with Gasteiger partial charge < -0.3 is 5.11 Å². The van der Waals surface area contributed by atoms with E-state index in [0.29, 0.717) is 14.9 Å². The molecule has 3 nitrogen and oxygen atoms in total. The third kappa shape index (κ3) is 3.58. The molecule has 0 spiro atoms. The minimum absolute atomic E-state index is 0.142. The summed E-state index contributed by atoms with van der Waals surface area (Å²) in [6.45, 7) is 1.96. The van der Waals surface area contributed by atoms with Gasteiger partial charge in [-0.15, -0.1) is 0 Å². The zero-order chi connectivity index (χ0) is 17.1. The number of carbonyl (C=O) groups excluding carboxylic acids is 1. The van der Waals surface area contributed by atoms with Crippen LogP contribution in [0.15, 0.2) is 71.2 Å². The van der Waals surface area contributed by atoms with Gasteiger partial charge in [-0.2, -0.15) is 0 Å². The molecule has 0 radical (unpaired) electrons. The molecular weight excluding hydrogens is 338 g/mol. The summed E-state index contributed by atoms with van der Waals surface area (Å²) in [5, 5.41) is 9.38. The standard InChI is InChI=1S/C19H15NO2S2/c1-13(11-14-5-3-2-4-6-14)12-17-18(22)20(19(23)24-17)15-7-9-16(21)10-8-15/h2-12,21H,1H3/b13-11?,17-12-. The molecule has 2 aromatic carbocycles. The number of phenols is 1. The molecule has 24 heavy (non-hydrogen) atoms. The van der Waals surface area contributed by atoms with E-state index in [-0.39, 0.29) is 11.7 Å². The molecule has 1 saturated heterocycles. The molecule has 1 fully saturated rings. The monoisotopic (exact) mass is 353 g/mol. The summed E-state index contributed by atoms with van der Waals surface area (Å²) in [4.78, 5) is 14.7. The van der Waals surface area contributed by atoms with Gasteiger partial charge in [0, 0.05) is 0 Å². The fourth-order valence-electron chi connectivity index (χ4n) is 2.35. The van der Waals surface area contributed by atoms with E-state index in [1.54, 1.807) is 12.1 Å². The maximum atomic E-state index is 12.6. The lowest BCUT2D eigenvalue weighted by Gasteiger charge is -2.14. The number of hydrogen-bond acceptors (Lipinski definition) is 4. The minimum atomic E-state index is -0.142. The molecule has 0 saturated carbocycles. The maximum absolute atomic E-state index is 12.6. The fourth-order valence-corrected chi connectivity index (χ4v) is 3.70. The van der Waals surface area contributed by atoms with Crippen LogP contribution in [-0.2, 0) is 4.79 Å². The Labute approximate surface area is 150 Å². The van der Waals surface area contributed by atoms with Crippen molar-refractivity contribution in [2.75, 3.05) is 4.90 Å². The van der Waals surface area contributed by atoms with Crippen molar-refractivity contribution in [3.8, 4) is 5.75 Å². The normalized spacial score (nSPS) is 17.0. The molecule has 1 aliphatic rings. The second-order valence-electron chi connectivity index (χ2n) is 5.33.